The van der Waals surface area contributed by atoms with Gasteiger partial charge in [0.2, 0.25) is 0 Å². The monoisotopic (exact) mass is 416 g/mol. The predicted molar refractivity (Wildman–Crippen MR) is 84.9 cm³/mol. The van der Waals surface area contributed by atoms with Crippen LogP contribution >= 0.6 is 55.6 Å². The quantitative estimate of drug-likeness (QED) is 0.771. The topological polar surface area (TPSA) is 41.1 Å². The fourth-order valence-corrected chi connectivity index (χ4v) is 4.78. The lowest BCUT2D eigenvalue weighted by atomic mass is 9.99. The molecule has 0 aliphatic carbocycles. The molecule has 0 radical (unpaired) electrons. The van der Waals surface area contributed by atoms with Gasteiger partial charge in [-0.2, -0.15) is 0 Å². The molecule has 1 amide bonds. The molecule has 1 aromatic heterocycles. The van der Waals surface area contributed by atoms with Gasteiger partial charge in [-0.3, -0.25) is 4.79 Å². The Morgan fingerprint density at radius 1 is 1.56 bits per heavy atom. The molecule has 102 valence electrons. The summed E-state index contributed by atoms with van der Waals surface area (Å²) in [6.45, 7) is 3.16. The molecule has 2 N–H and O–H groups in total. The van der Waals surface area contributed by atoms with Crippen molar-refractivity contribution in [2.24, 2.45) is 0 Å². The molecule has 2 rings (SSSR count). The highest BCUT2D eigenvalue weighted by atomic mass is 79.9. The van der Waals surface area contributed by atoms with Gasteiger partial charge in [-0.1, -0.05) is 0 Å². The molecule has 2 unspecified atom stereocenters. The molecule has 0 spiro atoms. The first kappa shape index (κ1) is 16.4. The Hall–Kier alpha value is 0.380. The molecular formula is C11H15Br2ClN2OS. The van der Waals surface area contributed by atoms with Crippen LogP contribution in [0.15, 0.2) is 13.6 Å². The first-order valence-electron chi connectivity index (χ1n) is 5.57. The number of carbonyl (C=O) groups is 1. The summed E-state index contributed by atoms with van der Waals surface area (Å²) in [5.74, 6) is -0.000579. The van der Waals surface area contributed by atoms with Crippen LogP contribution in [-0.4, -0.2) is 24.5 Å². The van der Waals surface area contributed by atoms with Crippen LogP contribution in [0.1, 0.15) is 30.1 Å². The largest absolute Gasteiger partial charge is 0.348 e. The summed E-state index contributed by atoms with van der Waals surface area (Å²) in [6.07, 6.45) is 2.16. The number of thiophene rings is 1. The highest BCUT2D eigenvalue weighted by molar-refractivity contribution is 9.12. The van der Waals surface area contributed by atoms with Gasteiger partial charge >= 0.3 is 0 Å². The van der Waals surface area contributed by atoms with Gasteiger partial charge in [0.05, 0.1) is 13.1 Å². The number of carbonyl (C=O) groups excluding carboxylic acids is 1. The Bertz CT molecular complexity index is 427. The Balaban J connectivity index is 0.00000162. The SMILES string of the molecule is CC1NCCCC1NC(=O)c1cc(Br)sc1Br.Cl. The Morgan fingerprint density at radius 2 is 2.28 bits per heavy atom. The van der Waals surface area contributed by atoms with E-state index >= 15 is 0 Å². The third kappa shape index (κ3) is 3.93. The Morgan fingerprint density at radius 3 is 2.83 bits per heavy atom. The Labute approximate surface area is 134 Å². The molecular weight excluding hydrogens is 403 g/mol. The van der Waals surface area contributed by atoms with Crippen LogP contribution < -0.4 is 10.6 Å². The number of hydrogen-bond acceptors (Lipinski definition) is 3. The van der Waals surface area contributed by atoms with E-state index in [2.05, 4.69) is 49.4 Å². The van der Waals surface area contributed by atoms with E-state index in [0.29, 0.717) is 11.6 Å². The maximum absolute atomic E-state index is 12.1. The van der Waals surface area contributed by atoms with Crippen molar-refractivity contribution >= 4 is 61.5 Å². The van der Waals surface area contributed by atoms with E-state index in [1.54, 1.807) is 0 Å². The summed E-state index contributed by atoms with van der Waals surface area (Å²) in [5, 5.41) is 6.47. The number of hydrogen-bond donors (Lipinski definition) is 2. The van der Waals surface area contributed by atoms with Gasteiger partial charge < -0.3 is 10.6 Å². The zero-order valence-electron chi connectivity index (χ0n) is 9.83. The lowest BCUT2D eigenvalue weighted by Gasteiger charge is -2.30. The lowest BCUT2D eigenvalue weighted by Crippen LogP contribution is -2.51. The number of halogens is 3. The van der Waals surface area contributed by atoms with Crippen molar-refractivity contribution in [1.29, 1.82) is 0 Å². The minimum atomic E-state index is -0.000579. The highest BCUT2D eigenvalue weighted by Crippen LogP contribution is 2.31. The van der Waals surface area contributed by atoms with E-state index in [1.165, 1.54) is 11.3 Å². The minimum Gasteiger partial charge on any atom is -0.348 e. The summed E-state index contributed by atoms with van der Waals surface area (Å²) < 4.78 is 1.84. The van der Waals surface area contributed by atoms with Crippen molar-refractivity contribution in [2.45, 2.75) is 31.8 Å². The molecule has 1 fully saturated rings. The van der Waals surface area contributed by atoms with Crippen LogP contribution in [0, 0.1) is 0 Å². The molecule has 7 heteroatoms. The van der Waals surface area contributed by atoms with E-state index < -0.39 is 0 Å². The highest BCUT2D eigenvalue weighted by Gasteiger charge is 2.24. The predicted octanol–water partition coefficient (Wildman–Crippen LogP) is 3.57. The number of nitrogens with one attached hydrogen (secondary N) is 2. The van der Waals surface area contributed by atoms with Gasteiger partial charge in [-0.05, 0) is 64.2 Å². The zero-order chi connectivity index (χ0) is 12.4. The van der Waals surface area contributed by atoms with Gasteiger partial charge in [0.25, 0.3) is 5.91 Å². The van der Waals surface area contributed by atoms with E-state index in [9.17, 15) is 4.79 Å². The van der Waals surface area contributed by atoms with Crippen molar-refractivity contribution in [3.63, 3.8) is 0 Å². The summed E-state index contributed by atoms with van der Waals surface area (Å²) >= 11 is 8.31. The molecule has 1 aromatic rings. The first-order valence-corrected chi connectivity index (χ1v) is 7.97. The van der Waals surface area contributed by atoms with Gasteiger partial charge in [0, 0.05) is 12.1 Å². The molecule has 2 atom stereocenters. The van der Waals surface area contributed by atoms with Crippen molar-refractivity contribution in [3.05, 3.63) is 19.2 Å². The third-order valence-electron chi connectivity index (χ3n) is 2.98. The van der Waals surface area contributed by atoms with E-state index in [4.69, 9.17) is 0 Å². The number of rotatable bonds is 2. The zero-order valence-corrected chi connectivity index (χ0v) is 14.6. The van der Waals surface area contributed by atoms with Crippen LogP contribution in [0.5, 0.6) is 0 Å². The molecule has 0 bridgehead atoms. The second-order valence-electron chi connectivity index (χ2n) is 4.20. The molecule has 2 heterocycles. The fourth-order valence-electron chi connectivity index (χ4n) is 1.98. The maximum Gasteiger partial charge on any atom is 0.253 e. The van der Waals surface area contributed by atoms with Crippen molar-refractivity contribution in [1.82, 2.24) is 10.6 Å². The standard InChI is InChI=1S/C11H14Br2N2OS.ClH/c1-6-8(3-2-4-14-6)15-11(16)7-5-9(12)17-10(7)13;/h5-6,8,14H,2-4H2,1H3,(H,15,16);1H. The van der Waals surface area contributed by atoms with Gasteiger partial charge in [-0.25, -0.2) is 0 Å². The second kappa shape index (κ2) is 7.24. The van der Waals surface area contributed by atoms with Crippen molar-refractivity contribution in [2.75, 3.05) is 6.54 Å². The van der Waals surface area contributed by atoms with Crippen LogP contribution in [0.25, 0.3) is 0 Å². The van der Waals surface area contributed by atoms with Crippen molar-refractivity contribution in [3.8, 4) is 0 Å². The van der Waals surface area contributed by atoms with E-state index in [1.807, 2.05) is 6.07 Å². The van der Waals surface area contributed by atoms with E-state index in [0.717, 1.165) is 27.0 Å². The van der Waals surface area contributed by atoms with E-state index in [-0.39, 0.29) is 24.4 Å². The average Bonchev–Trinajstić information content (AvgIpc) is 2.61. The molecule has 1 saturated heterocycles. The summed E-state index contributed by atoms with van der Waals surface area (Å²) in [5.41, 5.74) is 0.708. The van der Waals surface area contributed by atoms with Crippen LogP contribution in [0.2, 0.25) is 0 Å². The third-order valence-corrected chi connectivity index (χ3v) is 5.32. The van der Waals surface area contributed by atoms with Crippen LogP contribution in [-0.2, 0) is 0 Å². The first-order chi connectivity index (χ1) is 8.08. The minimum absolute atomic E-state index is 0. The number of amides is 1. The second-order valence-corrected chi connectivity index (χ2v) is 7.95. The maximum atomic E-state index is 12.1. The fraction of sp³-hybridized carbons (Fsp3) is 0.545. The van der Waals surface area contributed by atoms with Gasteiger partial charge in [0.1, 0.15) is 0 Å². The molecule has 0 aromatic carbocycles. The average molecular weight is 419 g/mol. The van der Waals surface area contributed by atoms with Crippen molar-refractivity contribution < 1.29 is 4.79 Å². The lowest BCUT2D eigenvalue weighted by molar-refractivity contribution is 0.0919. The molecule has 1 aliphatic rings. The molecule has 0 saturated carbocycles. The Kier molecular flexibility index (Phi) is 6.61. The summed E-state index contributed by atoms with van der Waals surface area (Å²) in [4.78, 5) is 12.1. The van der Waals surface area contributed by atoms with Gasteiger partial charge in [-0.15, -0.1) is 23.7 Å². The smallest absolute Gasteiger partial charge is 0.253 e. The van der Waals surface area contributed by atoms with Gasteiger partial charge in [0.15, 0.2) is 0 Å². The molecule has 18 heavy (non-hydrogen) atoms. The summed E-state index contributed by atoms with van der Waals surface area (Å²) in [7, 11) is 0. The molecule has 1 aliphatic heterocycles. The normalized spacial score (nSPS) is 23.3. The van der Waals surface area contributed by atoms with Crippen LogP contribution in [0.3, 0.4) is 0 Å². The van der Waals surface area contributed by atoms with Crippen LogP contribution in [0.4, 0.5) is 0 Å². The molecule has 3 nitrogen and oxygen atoms in total. The summed E-state index contributed by atoms with van der Waals surface area (Å²) in [6, 6.07) is 2.42. The number of piperidine rings is 1.